The first-order valence-corrected chi connectivity index (χ1v) is 7.53. The highest BCUT2D eigenvalue weighted by atomic mass is 16.5. The smallest absolute Gasteiger partial charge is 0.126 e. The first kappa shape index (κ1) is 15.3. The second kappa shape index (κ2) is 6.55. The van der Waals surface area contributed by atoms with Gasteiger partial charge in [0.2, 0.25) is 0 Å². The van der Waals surface area contributed by atoms with Crippen LogP contribution in [-0.4, -0.2) is 30.8 Å². The molecule has 1 aliphatic rings. The highest BCUT2D eigenvalue weighted by molar-refractivity contribution is 5.39. The van der Waals surface area contributed by atoms with E-state index in [1.54, 1.807) is 6.20 Å². The molecule has 1 heterocycles. The first-order chi connectivity index (χ1) is 9.61. The Morgan fingerprint density at radius 3 is 2.75 bits per heavy atom. The minimum absolute atomic E-state index is 0.0798. The summed E-state index contributed by atoms with van der Waals surface area (Å²) in [4.78, 5) is 4.18. The van der Waals surface area contributed by atoms with Crippen LogP contribution in [0.5, 0.6) is 0 Å². The number of methoxy groups -OCH3 is 1. The molecule has 1 unspecified atom stereocenters. The van der Waals surface area contributed by atoms with E-state index in [4.69, 9.17) is 10.5 Å². The number of nitrogen functional groups attached to an aromatic ring is 1. The molecule has 0 amide bonds. The highest BCUT2D eigenvalue weighted by Crippen LogP contribution is 2.38. The van der Waals surface area contributed by atoms with Crippen molar-refractivity contribution in [1.29, 1.82) is 0 Å². The molecule has 0 radical (unpaired) electrons. The molecule has 1 aromatic heterocycles. The molecule has 0 bridgehead atoms. The fourth-order valence-corrected chi connectivity index (χ4v) is 3.34. The Bertz CT molecular complexity index is 427. The molecule has 112 valence electrons. The van der Waals surface area contributed by atoms with Crippen LogP contribution >= 0.6 is 0 Å². The Morgan fingerprint density at radius 1 is 1.50 bits per heavy atom. The predicted octanol–water partition coefficient (Wildman–Crippen LogP) is 2.39. The SMILES string of the molecule is CNC(Cc1cccnc1N)C1(OC)CCC(C)CC1. The zero-order valence-corrected chi connectivity index (χ0v) is 12.9. The van der Waals surface area contributed by atoms with Crippen LogP contribution in [0.1, 0.15) is 38.2 Å². The molecule has 4 heteroatoms. The number of nitrogens with one attached hydrogen (secondary N) is 1. The molecule has 1 fully saturated rings. The third-order valence-corrected chi connectivity index (χ3v) is 4.86. The van der Waals surface area contributed by atoms with Gasteiger partial charge in [-0.25, -0.2) is 4.98 Å². The number of anilines is 1. The molecule has 1 atom stereocenters. The van der Waals surface area contributed by atoms with Crippen LogP contribution in [0.25, 0.3) is 0 Å². The van der Waals surface area contributed by atoms with Crippen molar-refractivity contribution in [1.82, 2.24) is 10.3 Å². The van der Waals surface area contributed by atoms with Crippen molar-refractivity contribution in [3.63, 3.8) is 0 Å². The van der Waals surface area contributed by atoms with Crippen molar-refractivity contribution in [2.24, 2.45) is 5.92 Å². The Labute approximate surface area is 122 Å². The number of ether oxygens (including phenoxy) is 1. The van der Waals surface area contributed by atoms with E-state index in [1.165, 1.54) is 12.8 Å². The Morgan fingerprint density at radius 2 is 2.20 bits per heavy atom. The second-order valence-electron chi connectivity index (χ2n) is 6.04. The number of nitrogens with two attached hydrogens (primary N) is 1. The summed E-state index contributed by atoms with van der Waals surface area (Å²) < 4.78 is 5.97. The van der Waals surface area contributed by atoms with Crippen molar-refractivity contribution >= 4 is 5.82 Å². The van der Waals surface area contributed by atoms with Crippen molar-refractivity contribution in [3.05, 3.63) is 23.9 Å². The van der Waals surface area contributed by atoms with E-state index in [-0.39, 0.29) is 11.6 Å². The summed E-state index contributed by atoms with van der Waals surface area (Å²) in [6, 6.07) is 4.27. The fourth-order valence-electron chi connectivity index (χ4n) is 3.34. The van der Waals surface area contributed by atoms with Gasteiger partial charge in [-0.1, -0.05) is 13.0 Å². The zero-order valence-electron chi connectivity index (χ0n) is 12.9. The lowest BCUT2D eigenvalue weighted by molar-refractivity contribution is -0.0730. The molecular weight excluding hydrogens is 250 g/mol. The van der Waals surface area contributed by atoms with Gasteiger partial charge in [0.05, 0.1) is 5.60 Å². The quantitative estimate of drug-likeness (QED) is 0.867. The number of aromatic nitrogens is 1. The average Bonchev–Trinajstić information content (AvgIpc) is 2.48. The maximum atomic E-state index is 5.98. The maximum absolute atomic E-state index is 5.98. The van der Waals surface area contributed by atoms with Gasteiger partial charge >= 0.3 is 0 Å². The van der Waals surface area contributed by atoms with Gasteiger partial charge < -0.3 is 15.8 Å². The van der Waals surface area contributed by atoms with Gasteiger partial charge in [-0.3, -0.25) is 0 Å². The largest absolute Gasteiger partial charge is 0.383 e. The highest BCUT2D eigenvalue weighted by Gasteiger charge is 2.40. The zero-order chi connectivity index (χ0) is 14.6. The Balaban J connectivity index is 2.16. The summed E-state index contributed by atoms with van der Waals surface area (Å²) in [6.07, 6.45) is 7.27. The number of hydrogen-bond acceptors (Lipinski definition) is 4. The molecule has 0 spiro atoms. The van der Waals surface area contributed by atoms with Crippen molar-refractivity contribution in [2.75, 3.05) is 19.9 Å². The summed E-state index contributed by atoms with van der Waals surface area (Å²) in [5, 5.41) is 3.45. The lowest BCUT2D eigenvalue weighted by Gasteiger charge is -2.44. The van der Waals surface area contributed by atoms with Gasteiger partial charge in [-0.05, 0) is 56.7 Å². The van der Waals surface area contributed by atoms with Gasteiger partial charge in [0.15, 0.2) is 0 Å². The molecule has 2 rings (SSSR count). The number of hydrogen-bond donors (Lipinski definition) is 2. The average molecular weight is 277 g/mol. The molecule has 0 aromatic carbocycles. The standard InChI is InChI=1S/C16H27N3O/c1-12-6-8-16(20-3,9-7-12)14(18-2)11-13-5-4-10-19-15(13)17/h4-5,10,12,14,18H,6-9,11H2,1-3H3,(H2,17,19). The summed E-state index contributed by atoms with van der Waals surface area (Å²) in [7, 11) is 3.85. The molecule has 4 nitrogen and oxygen atoms in total. The minimum Gasteiger partial charge on any atom is -0.383 e. The van der Waals surface area contributed by atoms with Gasteiger partial charge in [-0.15, -0.1) is 0 Å². The van der Waals surface area contributed by atoms with Crippen molar-refractivity contribution in [3.8, 4) is 0 Å². The van der Waals surface area contributed by atoms with Crippen LogP contribution < -0.4 is 11.1 Å². The van der Waals surface area contributed by atoms with Crippen molar-refractivity contribution in [2.45, 2.75) is 50.7 Å². The molecule has 3 N–H and O–H groups in total. The number of rotatable bonds is 5. The van der Waals surface area contributed by atoms with Gasteiger partial charge in [0.25, 0.3) is 0 Å². The van der Waals surface area contributed by atoms with Crippen molar-refractivity contribution < 1.29 is 4.74 Å². The Kier molecular flexibility index (Phi) is 5.00. The summed E-state index contributed by atoms with van der Waals surface area (Å²) in [5.74, 6) is 1.43. The predicted molar refractivity (Wildman–Crippen MR) is 82.6 cm³/mol. The number of pyridine rings is 1. The van der Waals surface area contributed by atoms with E-state index >= 15 is 0 Å². The maximum Gasteiger partial charge on any atom is 0.126 e. The van der Waals surface area contributed by atoms with Gasteiger partial charge in [0, 0.05) is 19.3 Å². The molecule has 1 saturated carbocycles. The van der Waals surface area contributed by atoms with E-state index in [1.807, 2.05) is 20.2 Å². The summed E-state index contributed by atoms with van der Waals surface area (Å²) in [6.45, 7) is 2.33. The molecule has 1 aliphatic carbocycles. The minimum atomic E-state index is -0.0798. The second-order valence-corrected chi connectivity index (χ2v) is 6.04. The topological polar surface area (TPSA) is 60.2 Å². The molecule has 1 aromatic rings. The third-order valence-electron chi connectivity index (χ3n) is 4.86. The van der Waals surface area contributed by atoms with E-state index in [2.05, 4.69) is 23.3 Å². The normalized spacial score (nSPS) is 28.2. The molecule has 0 saturated heterocycles. The van der Waals surface area contributed by atoms with Crippen LogP contribution in [0.2, 0.25) is 0 Å². The molecule has 20 heavy (non-hydrogen) atoms. The van der Waals surface area contributed by atoms with Gasteiger partial charge in [-0.2, -0.15) is 0 Å². The van der Waals surface area contributed by atoms with Crippen LogP contribution in [0.15, 0.2) is 18.3 Å². The first-order valence-electron chi connectivity index (χ1n) is 7.53. The van der Waals surface area contributed by atoms with Crippen LogP contribution in [0.4, 0.5) is 5.82 Å². The molecule has 0 aliphatic heterocycles. The summed E-state index contributed by atoms with van der Waals surface area (Å²) in [5.41, 5.74) is 7.00. The van der Waals surface area contributed by atoms with E-state index < -0.39 is 0 Å². The lowest BCUT2D eigenvalue weighted by Crippen LogP contribution is -2.54. The van der Waals surface area contributed by atoms with Gasteiger partial charge in [0.1, 0.15) is 5.82 Å². The van der Waals surface area contributed by atoms with Crippen LogP contribution in [0, 0.1) is 5.92 Å². The van der Waals surface area contributed by atoms with E-state index in [0.717, 1.165) is 30.7 Å². The van der Waals surface area contributed by atoms with Crippen LogP contribution in [-0.2, 0) is 11.2 Å². The number of likely N-dealkylation sites (N-methyl/N-ethyl adjacent to an activating group) is 1. The van der Waals surface area contributed by atoms with Crippen LogP contribution in [0.3, 0.4) is 0 Å². The monoisotopic (exact) mass is 277 g/mol. The lowest BCUT2D eigenvalue weighted by atomic mass is 9.74. The van der Waals surface area contributed by atoms with E-state index in [0.29, 0.717) is 5.82 Å². The Hall–Kier alpha value is -1.13. The van der Waals surface area contributed by atoms with E-state index in [9.17, 15) is 0 Å². The molecular formula is C16H27N3O. The summed E-state index contributed by atoms with van der Waals surface area (Å²) >= 11 is 0. The third kappa shape index (κ3) is 3.13. The fraction of sp³-hybridized carbons (Fsp3) is 0.688. The number of nitrogens with zero attached hydrogens (tertiary/aromatic N) is 1.